The van der Waals surface area contributed by atoms with E-state index in [9.17, 15) is 13.2 Å². The van der Waals surface area contributed by atoms with Gasteiger partial charge in [0.2, 0.25) is 11.8 Å². The average molecular weight is 468 g/mol. The van der Waals surface area contributed by atoms with E-state index in [0.29, 0.717) is 28.7 Å². The van der Waals surface area contributed by atoms with E-state index in [-0.39, 0.29) is 6.61 Å². The van der Waals surface area contributed by atoms with Crippen molar-refractivity contribution in [2.75, 3.05) is 0 Å². The molecule has 3 heterocycles. The smallest absolute Gasteiger partial charge is 0.416 e. The van der Waals surface area contributed by atoms with Gasteiger partial charge < -0.3 is 9.15 Å². The molecular weight excluding hydrogens is 449 g/mol. The average Bonchev–Trinajstić information content (AvgIpc) is 3.52. The molecule has 0 amide bonds. The number of hydrogen-bond donors (Lipinski definition) is 0. The van der Waals surface area contributed by atoms with E-state index in [4.69, 9.17) is 9.15 Å². The van der Waals surface area contributed by atoms with Gasteiger partial charge >= 0.3 is 6.18 Å². The van der Waals surface area contributed by atoms with Crippen LogP contribution in [0, 0.1) is 0 Å². The highest BCUT2D eigenvalue weighted by Gasteiger charge is 2.29. The Balaban J connectivity index is 1.24. The maximum absolute atomic E-state index is 12.6. The van der Waals surface area contributed by atoms with Gasteiger partial charge in [-0.15, -0.1) is 15.3 Å². The molecule has 0 saturated carbocycles. The summed E-state index contributed by atoms with van der Waals surface area (Å²) >= 11 is 0. The van der Waals surface area contributed by atoms with Gasteiger partial charge in [-0.2, -0.15) is 13.2 Å². The zero-order valence-electron chi connectivity index (χ0n) is 17.8. The number of ether oxygens (including phenoxy) is 1. The molecule has 0 aliphatic heterocycles. The molecular formula is C23H19F3N6O2. The minimum Gasteiger partial charge on any atom is -0.470 e. The lowest BCUT2D eigenvalue weighted by atomic mass is 10.1. The number of oxazole rings is 1. The highest BCUT2D eigenvalue weighted by molar-refractivity contribution is 5.66. The SMILES string of the molecule is FC(F)(F)c1ccc(C=Cc2nc(COc3ccc(C=CCCn4ccnn4)nn3)co2)cc1. The summed E-state index contributed by atoms with van der Waals surface area (Å²) in [5.41, 5.74) is 1.12. The predicted octanol–water partition coefficient (Wildman–Crippen LogP) is 4.93. The van der Waals surface area contributed by atoms with Crippen LogP contribution in [-0.4, -0.2) is 30.2 Å². The third kappa shape index (κ3) is 6.61. The highest BCUT2D eigenvalue weighted by atomic mass is 19.4. The lowest BCUT2D eigenvalue weighted by molar-refractivity contribution is -0.137. The number of aryl methyl sites for hydroxylation is 1. The van der Waals surface area contributed by atoms with Crippen molar-refractivity contribution in [3.63, 3.8) is 0 Å². The summed E-state index contributed by atoms with van der Waals surface area (Å²) in [4.78, 5) is 4.26. The van der Waals surface area contributed by atoms with E-state index >= 15 is 0 Å². The Morgan fingerprint density at radius 1 is 1.00 bits per heavy atom. The zero-order chi connectivity index (χ0) is 23.8. The summed E-state index contributed by atoms with van der Waals surface area (Å²) in [5.74, 6) is 0.639. The first-order valence-corrected chi connectivity index (χ1v) is 10.2. The molecule has 0 radical (unpaired) electrons. The van der Waals surface area contributed by atoms with E-state index in [1.54, 1.807) is 41.4 Å². The van der Waals surface area contributed by atoms with Crippen molar-refractivity contribution in [2.24, 2.45) is 0 Å². The van der Waals surface area contributed by atoms with Gasteiger partial charge in [-0.1, -0.05) is 23.4 Å². The number of allylic oxidation sites excluding steroid dienone is 1. The maximum atomic E-state index is 12.6. The van der Waals surface area contributed by atoms with Gasteiger partial charge in [0.15, 0.2) is 0 Å². The Kier molecular flexibility index (Phi) is 7.11. The standard InChI is InChI=1S/C23H19F3N6O2/c24-23(25,26)18-7-4-17(5-8-18)6-10-21-28-20(15-33-21)16-34-22-11-9-19(29-30-22)3-1-2-13-32-14-12-27-31-32/h1,3-12,14-15H,2,13,16H2. The summed E-state index contributed by atoms with van der Waals surface area (Å²) in [6.45, 7) is 0.851. The minimum atomic E-state index is -4.36. The summed E-state index contributed by atoms with van der Waals surface area (Å²) in [5, 5.41) is 15.8. The molecule has 3 aromatic heterocycles. The third-order valence-electron chi connectivity index (χ3n) is 4.54. The van der Waals surface area contributed by atoms with Crippen LogP contribution in [0.5, 0.6) is 5.88 Å². The minimum absolute atomic E-state index is 0.124. The molecule has 0 spiro atoms. The van der Waals surface area contributed by atoms with Crippen molar-refractivity contribution in [3.05, 3.63) is 89.5 Å². The zero-order valence-corrected chi connectivity index (χ0v) is 17.8. The molecule has 1 aromatic carbocycles. The van der Waals surface area contributed by atoms with Crippen molar-refractivity contribution in [3.8, 4) is 5.88 Å². The normalized spacial score (nSPS) is 12.1. The van der Waals surface area contributed by atoms with Crippen LogP contribution in [0.2, 0.25) is 0 Å². The summed E-state index contributed by atoms with van der Waals surface area (Å²) in [6.07, 6.45) is 8.30. The molecule has 0 N–H and O–H groups in total. The van der Waals surface area contributed by atoms with Gasteiger partial charge in [0.25, 0.3) is 0 Å². The van der Waals surface area contributed by atoms with Crippen LogP contribution in [0.4, 0.5) is 13.2 Å². The van der Waals surface area contributed by atoms with Crippen LogP contribution in [0.3, 0.4) is 0 Å². The van der Waals surface area contributed by atoms with E-state index in [0.717, 1.165) is 25.1 Å². The quantitative estimate of drug-likeness (QED) is 0.344. The van der Waals surface area contributed by atoms with E-state index in [1.807, 2.05) is 12.2 Å². The van der Waals surface area contributed by atoms with Crippen LogP contribution in [-0.2, 0) is 19.3 Å². The lowest BCUT2D eigenvalue weighted by Crippen LogP contribution is -2.03. The molecule has 0 fully saturated rings. The topological polar surface area (TPSA) is 91.8 Å². The third-order valence-corrected chi connectivity index (χ3v) is 4.54. The van der Waals surface area contributed by atoms with Crippen molar-refractivity contribution in [1.82, 2.24) is 30.2 Å². The highest BCUT2D eigenvalue weighted by Crippen LogP contribution is 2.29. The Morgan fingerprint density at radius 2 is 1.85 bits per heavy atom. The first-order valence-electron chi connectivity index (χ1n) is 10.2. The fraction of sp³-hybridized carbons (Fsp3) is 0.174. The molecule has 11 heteroatoms. The fourth-order valence-electron chi connectivity index (χ4n) is 2.82. The Labute approximate surface area is 192 Å². The predicted molar refractivity (Wildman–Crippen MR) is 117 cm³/mol. The van der Waals surface area contributed by atoms with Gasteiger partial charge in [0.05, 0.1) is 17.5 Å². The molecule has 0 saturated heterocycles. The van der Waals surface area contributed by atoms with E-state index in [2.05, 4.69) is 25.5 Å². The number of halogens is 3. The van der Waals surface area contributed by atoms with Gasteiger partial charge in [-0.05, 0) is 42.3 Å². The number of hydrogen-bond acceptors (Lipinski definition) is 7. The second-order valence-electron chi connectivity index (χ2n) is 7.07. The van der Waals surface area contributed by atoms with Crippen LogP contribution in [0.15, 0.2) is 65.5 Å². The van der Waals surface area contributed by atoms with E-state index in [1.165, 1.54) is 18.4 Å². The first-order chi connectivity index (χ1) is 16.5. The maximum Gasteiger partial charge on any atom is 0.416 e. The van der Waals surface area contributed by atoms with Gasteiger partial charge in [0.1, 0.15) is 18.6 Å². The van der Waals surface area contributed by atoms with Crippen molar-refractivity contribution >= 4 is 18.2 Å². The number of alkyl halides is 3. The van der Waals surface area contributed by atoms with E-state index < -0.39 is 11.7 Å². The second kappa shape index (κ2) is 10.6. The van der Waals surface area contributed by atoms with Crippen LogP contribution in [0.1, 0.15) is 34.8 Å². The molecule has 0 bridgehead atoms. The van der Waals surface area contributed by atoms with Crippen molar-refractivity contribution in [1.29, 1.82) is 0 Å². The van der Waals surface area contributed by atoms with Crippen LogP contribution in [0.25, 0.3) is 18.2 Å². The Morgan fingerprint density at radius 3 is 2.56 bits per heavy atom. The fourth-order valence-corrected chi connectivity index (χ4v) is 2.82. The molecule has 4 rings (SSSR count). The summed E-state index contributed by atoms with van der Waals surface area (Å²) < 4.78 is 50.5. The monoisotopic (exact) mass is 468 g/mol. The molecule has 0 atom stereocenters. The molecule has 8 nitrogen and oxygen atoms in total. The molecule has 0 unspecified atom stereocenters. The number of aromatic nitrogens is 6. The molecule has 0 aliphatic rings. The number of benzene rings is 1. The van der Waals surface area contributed by atoms with Crippen molar-refractivity contribution in [2.45, 2.75) is 25.7 Å². The van der Waals surface area contributed by atoms with Crippen LogP contribution < -0.4 is 4.74 Å². The molecule has 34 heavy (non-hydrogen) atoms. The molecule has 174 valence electrons. The number of nitrogens with zero attached hydrogens (tertiary/aromatic N) is 6. The van der Waals surface area contributed by atoms with Crippen molar-refractivity contribution < 1.29 is 22.3 Å². The Bertz CT molecular complexity index is 1230. The van der Waals surface area contributed by atoms with Gasteiger partial charge in [-0.3, -0.25) is 4.68 Å². The molecule has 4 aromatic rings. The number of rotatable bonds is 9. The summed E-state index contributed by atoms with van der Waals surface area (Å²) in [6, 6.07) is 8.29. The Hall–Kier alpha value is -4.28. The second-order valence-corrected chi connectivity index (χ2v) is 7.07. The van der Waals surface area contributed by atoms with Gasteiger partial charge in [-0.25, -0.2) is 4.98 Å². The summed E-state index contributed by atoms with van der Waals surface area (Å²) in [7, 11) is 0. The largest absolute Gasteiger partial charge is 0.470 e. The lowest BCUT2D eigenvalue weighted by Gasteiger charge is -2.05. The van der Waals surface area contributed by atoms with Crippen LogP contribution >= 0.6 is 0 Å². The molecule has 0 aliphatic carbocycles. The first kappa shape index (κ1) is 22.9. The van der Waals surface area contributed by atoms with Gasteiger partial charge in [0, 0.05) is 24.9 Å².